The number of ether oxygens (including phenoxy) is 1. The molecule has 22 heavy (non-hydrogen) atoms. The van der Waals surface area contributed by atoms with Crippen LogP contribution in [0.4, 0.5) is 10.1 Å². The SMILES string of the molecule is O=C(CCN1CCO[C@H]2CCCC[C@H]21)Nc1ccccc1F. The highest BCUT2D eigenvalue weighted by molar-refractivity contribution is 5.90. The van der Waals surface area contributed by atoms with Crippen LogP contribution in [0.5, 0.6) is 0 Å². The lowest BCUT2D eigenvalue weighted by Gasteiger charge is -2.43. The third-order valence-electron chi connectivity index (χ3n) is 4.62. The number of anilines is 1. The zero-order chi connectivity index (χ0) is 15.4. The Morgan fingerprint density at radius 2 is 2.14 bits per heavy atom. The summed E-state index contributed by atoms with van der Waals surface area (Å²) in [5, 5.41) is 2.65. The van der Waals surface area contributed by atoms with Gasteiger partial charge in [0.1, 0.15) is 5.82 Å². The van der Waals surface area contributed by atoms with Gasteiger partial charge in [0.2, 0.25) is 5.91 Å². The standard InChI is InChI=1S/C17H23FN2O2/c18-13-5-1-2-6-14(13)19-17(21)9-10-20-11-12-22-16-8-4-3-7-15(16)20/h1-2,5-6,15-16H,3-4,7-12H2,(H,19,21)/t15-,16+/m1/s1. The summed E-state index contributed by atoms with van der Waals surface area (Å²) in [6.07, 6.45) is 5.47. The van der Waals surface area contributed by atoms with Gasteiger partial charge in [-0.3, -0.25) is 9.69 Å². The van der Waals surface area contributed by atoms with Crippen LogP contribution in [0.1, 0.15) is 32.1 Å². The molecule has 0 radical (unpaired) electrons. The Morgan fingerprint density at radius 1 is 1.32 bits per heavy atom. The van der Waals surface area contributed by atoms with Crippen LogP contribution in [0, 0.1) is 5.82 Å². The second kappa shape index (κ2) is 7.20. The number of amides is 1. The number of nitrogens with one attached hydrogen (secondary N) is 1. The average Bonchev–Trinajstić information content (AvgIpc) is 2.55. The van der Waals surface area contributed by atoms with Crippen LogP contribution in [0.3, 0.4) is 0 Å². The van der Waals surface area contributed by atoms with E-state index in [1.54, 1.807) is 18.2 Å². The van der Waals surface area contributed by atoms with Gasteiger partial charge in [-0.15, -0.1) is 0 Å². The van der Waals surface area contributed by atoms with Gasteiger partial charge >= 0.3 is 0 Å². The number of rotatable bonds is 4. The maximum Gasteiger partial charge on any atom is 0.225 e. The molecule has 1 aromatic carbocycles. The van der Waals surface area contributed by atoms with Crippen molar-refractivity contribution in [1.82, 2.24) is 4.90 Å². The first kappa shape index (κ1) is 15.4. The fourth-order valence-corrected chi connectivity index (χ4v) is 3.47. The second-order valence-electron chi connectivity index (χ2n) is 6.08. The predicted molar refractivity (Wildman–Crippen MR) is 83.2 cm³/mol. The fourth-order valence-electron chi connectivity index (χ4n) is 3.47. The van der Waals surface area contributed by atoms with Crippen LogP contribution in [0.2, 0.25) is 0 Å². The minimum Gasteiger partial charge on any atom is -0.375 e. The van der Waals surface area contributed by atoms with Crippen molar-refractivity contribution in [3.8, 4) is 0 Å². The van der Waals surface area contributed by atoms with Crippen molar-refractivity contribution in [2.45, 2.75) is 44.2 Å². The molecule has 5 heteroatoms. The summed E-state index contributed by atoms with van der Waals surface area (Å²) in [5.74, 6) is -0.529. The van der Waals surface area contributed by atoms with E-state index in [-0.39, 0.29) is 11.6 Å². The van der Waals surface area contributed by atoms with Crippen LogP contribution in [0.25, 0.3) is 0 Å². The van der Waals surface area contributed by atoms with Gasteiger partial charge in [0, 0.05) is 25.6 Å². The van der Waals surface area contributed by atoms with Gasteiger partial charge in [0.15, 0.2) is 0 Å². The third-order valence-corrected chi connectivity index (χ3v) is 4.62. The van der Waals surface area contributed by atoms with E-state index in [1.807, 2.05) is 0 Å². The van der Waals surface area contributed by atoms with Crippen molar-refractivity contribution in [2.24, 2.45) is 0 Å². The normalized spacial score (nSPS) is 25.5. The number of morpholine rings is 1. The number of hydrogen-bond donors (Lipinski definition) is 1. The van der Waals surface area contributed by atoms with Crippen LogP contribution in [0.15, 0.2) is 24.3 Å². The van der Waals surface area contributed by atoms with E-state index >= 15 is 0 Å². The minimum absolute atomic E-state index is 0.135. The summed E-state index contributed by atoms with van der Waals surface area (Å²) in [6, 6.07) is 6.71. The largest absolute Gasteiger partial charge is 0.375 e. The molecule has 2 aliphatic rings. The van der Waals surface area contributed by atoms with Crippen molar-refractivity contribution >= 4 is 11.6 Å². The molecule has 120 valence electrons. The summed E-state index contributed by atoms with van der Waals surface area (Å²) in [7, 11) is 0. The fraction of sp³-hybridized carbons (Fsp3) is 0.588. The smallest absolute Gasteiger partial charge is 0.225 e. The highest BCUT2D eigenvalue weighted by atomic mass is 19.1. The Labute approximate surface area is 130 Å². The van der Waals surface area contributed by atoms with E-state index in [4.69, 9.17) is 4.74 Å². The van der Waals surface area contributed by atoms with Gasteiger partial charge < -0.3 is 10.1 Å². The van der Waals surface area contributed by atoms with Crippen molar-refractivity contribution in [1.29, 1.82) is 0 Å². The molecule has 1 heterocycles. The predicted octanol–water partition coefficient (Wildman–Crippen LogP) is 2.80. The molecule has 2 atom stereocenters. The summed E-state index contributed by atoms with van der Waals surface area (Å²) >= 11 is 0. The molecular formula is C17H23FN2O2. The van der Waals surface area contributed by atoms with Gasteiger partial charge in [-0.2, -0.15) is 0 Å². The van der Waals surface area contributed by atoms with Crippen LogP contribution >= 0.6 is 0 Å². The molecule has 4 nitrogen and oxygen atoms in total. The third kappa shape index (κ3) is 3.65. The molecule has 3 rings (SSSR count). The van der Waals surface area contributed by atoms with Crippen LogP contribution in [-0.2, 0) is 9.53 Å². The number of carbonyl (C=O) groups excluding carboxylic acids is 1. The molecule has 2 fully saturated rings. The molecule has 1 amide bonds. The molecule has 1 saturated heterocycles. The summed E-state index contributed by atoms with van der Waals surface area (Å²) < 4.78 is 19.4. The highest BCUT2D eigenvalue weighted by Crippen LogP contribution is 2.28. The lowest BCUT2D eigenvalue weighted by Crippen LogP contribution is -2.53. The Kier molecular flexibility index (Phi) is 5.05. The van der Waals surface area contributed by atoms with Crippen LogP contribution in [-0.4, -0.2) is 42.6 Å². The molecule has 1 aliphatic heterocycles. The minimum atomic E-state index is -0.394. The van der Waals surface area contributed by atoms with Crippen molar-refractivity contribution < 1.29 is 13.9 Å². The van der Waals surface area contributed by atoms with E-state index in [2.05, 4.69) is 10.2 Å². The zero-order valence-electron chi connectivity index (χ0n) is 12.8. The zero-order valence-corrected chi connectivity index (χ0v) is 12.8. The number of halogens is 1. The Morgan fingerprint density at radius 3 is 3.00 bits per heavy atom. The Hall–Kier alpha value is -1.46. The first-order chi connectivity index (χ1) is 10.7. The lowest BCUT2D eigenvalue weighted by molar-refractivity contribution is -0.118. The van der Waals surface area contributed by atoms with Crippen LogP contribution < -0.4 is 5.32 Å². The topological polar surface area (TPSA) is 41.6 Å². The lowest BCUT2D eigenvalue weighted by atomic mass is 9.90. The Bertz CT molecular complexity index is 521. The number of hydrogen-bond acceptors (Lipinski definition) is 3. The Balaban J connectivity index is 1.51. The molecule has 0 aromatic heterocycles. The summed E-state index contributed by atoms with van der Waals surface area (Å²) in [5.41, 5.74) is 0.255. The highest BCUT2D eigenvalue weighted by Gasteiger charge is 2.33. The quantitative estimate of drug-likeness (QED) is 0.930. The average molecular weight is 306 g/mol. The second-order valence-corrected chi connectivity index (χ2v) is 6.08. The summed E-state index contributed by atoms with van der Waals surface area (Å²) in [4.78, 5) is 14.4. The van der Waals surface area contributed by atoms with Gasteiger partial charge in [-0.05, 0) is 25.0 Å². The maximum atomic E-state index is 13.5. The molecule has 0 unspecified atom stereocenters. The van der Waals surface area contributed by atoms with E-state index in [0.29, 0.717) is 25.1 Å². The first-order valence-corrected chi connectivity index (χ1v) is 8.14. The molecule has 1 aliphatic carbocycles. The van der Waals surface area contributed by atoms with E-state index in [0.717, 1.165) is 26.0 Å². The van der Waals surface area contributed by atoms with E-state index in [1.165, 1.54) is 18.9 Å². The molecule has 0 bridgehead atoms. The molecular weight excluding hydrogens is 283 g/mol. The van der Waals surface area contributed by atoms with E-state index in [9.17, 15) is 9.18 Å². The summed E-state index contributed by atoms with van der Waals surface area (Å²) in [6.45, 7) is 2.34. The van der Waals surface area contributed by atoms with Gasteiger partial charge in [0.05, 0.1) is 18.4 Å². The number of nitrogens with zero attached hydrogens (tertiary/aromatic N) is 1. The maximum absolute atomic E-state index is 13.5. The van der Waals surface area contributed by atoms with Crippen molar-refractivity contribution in [3.63, 3.8) is 0 Å². The van der Waals surface area contributed by atoms with Crippen molar-refractivity contribution in [2.75, 3.05) is 25.0 Å². The number of fused-ring (bicyclic) bond motifs is 1. The number of para-hydroxylation sites is 1. The molecule has 0 spiro atoms. The first-order valence-electron chi connectivity index (χ1n) is 8.14. The number of carbonyl (C=O) groups is 1. The van der Waals surface area contributed by atoms with E-state index < -0.39 is 5.82 Å². The molecule has 1 N–H and O–H groups in total. The molecule has 1 aromatic rings. The number of benzene rings is 1. The van der Waals surface area contributed by atoms with Gasteiger partial charge in [-0.25, -0.2) is 4.39 Å². The van der Waals surface area contributed by atoms with Gasteiger partial charge in [0.25, 0.3) is 0 Å². The van der Waals surface area contributed by atoms with Crippen molar-refractivity contribution in [3.05, 3.63) is 30.1 Å². The van der Waals surface area contributed by atoms with Gasteiger partial charge in [-0.1, -0.05) is 25.0 Å². The molecule has 1 saturated carbocycles. The monoisotopic (exact) mass is 306 g/mol.